The lowest BCUT2D eigenvalue weighted by atomic mass is 10.1. The molecule has 1 heterocycles. The van der Waals surface area contributed by atoms with Gasteiger partial charge in [0.1, 0.15) is 5.82 Å². The highest BCUT2D eigenvalue weighted by Crippen LogP contribution is 2.23. The third-order valence-corrected chi connectivity index (χ3v) is 3.51. The van der Waals surface area contributed by atoms with E-state index in [1.54, 1.807) is 0 Å². The first kappa shape index (κ1) is 13.4. The minimum absolute atomic E-state index is 0.762. The Morgan fingerprint density at radius 2 is 1.90 bits per heavy atom. The Kier molecular flexibility index (Phi) is 3.73. The number of aryl methyl sites for hydroxylation is 1. The highest BCUT2D eigenvalue weighted by molar-refractivity contribution is 5.83. The number of anilines is 3. The molecule has 0 aliphatic rings. The Labute approximate surface area is 124 Å². The number of para-hydroxylation sites is 1. The smallest absolute Gasteiger partial charge is 0.131 e. The molecule has 2 aromatic carbocycles. The molecule has 0 atom stereocenters. The van der Waals surface area contributed by atoms with Crippen molar-refractivity contribution in [2.75, 3.05) is 11.1 Å². The molecule has 0 aliphatic carbocycles. The van der Waals surface area contributed by atoms with Gasteiger partial charge in [-0.25, -0.2) is 4.98 Å². The van der Waals surface area contributed by atoms with Crippen molar-refractivity contribution < 1.29 is 0 Å². The zero-order chi connectivity index (χ0) is 14.7. The number of pyridine rings is 1. The van der Waals surface area contributed by atoms with Gasteiger partial charge in [-0.2, -0.15) is 0 Å². The number of fused-ring (bicyclic) bond motifs is 1. The van der Waals surface area contributed by atoms with Gasteiger partial charge in [0.25, 0.3) is 0 Å². The summed E-state index contributed by atoms with van der Waals surface area (Å²) in [6.45, 7) is 2.19. The fourth-order valence-corrected chi connectivity index (χ4v) is 2.48. The topological polar surface area (TPSA) is 50.9 Å². The van der Waals surface area contributed by atoms with Crippen LogP contribution in [0.15, 0.2) is 54.6 Å². The molecular formula is C18H19N3. The second-order valence-electron chi connectivity index (χ2n) is 5.18. The van der Waals surface area contributed by atoms with Gasteiger partial charge in [-0.1, -0.05) is 31.5 Å². The largest absolute Gasteiger partial charge is 0.399 e. The molecule has 1 aromatic heterocycles. The van der Waals surface area contributed by atoms with Gasteiger partial charge in [0.2, 0.25) is 0 Å². The number of benzene rings is 2. The van der Waals surface area contributed by atoms with Crippen LogP contribution in [0.1, 0.15) is 18.9 Å². The van der Waals surface area contributed by atoms with Crippen molar-refractivity contribution in [2.24, 2.45) is 0 Å². The van der Waals surface area contributed by atoms with E-state index < -0.39 is 0 Å². The third kappa shape index (κ3) is 2.97. The Balaban J connectivity index is 1.93. The number of nitrogens with one attached hydrogen (secondary N) is 1. The summed E-state index contributed by atoms with van der Waals surface area (Å²) in [6, 6.07) is 18.2. The van der Waals surface area contributed by atoms with Crippen molar-refractivity contribution in [3.8, 4) is 0 Å². The molecular weight excluding hydrogens is 258 g/mol. The summed E-state index contributed by atoms with van der Waals surface area (Å²) in [5.41, 5.74) is 9.95. The molecule has 0 bridgehead atoms. The maximum Gasteiger partial charge on any atom is 0.131 e. The molecule has 3 rings (SSSR count). The number of nitrogens with zero attached hydrogens (tertiary/aromatic N) is 1. The molecule has 0 spiro atoms. The van der Waals surface area contributed by atoms with Crippen LogP contribution >= 0.6 is 0 Å². The fourth-order valence-electron chi connectivity index (χ4n) is 2.48. The molecule has 0 saturated heterocycles. The van der Waals surface area contributed by atoms with Crippen LogP contribution in [0.5, 0.6) is 0 Å². The van der Waals surface area contributed by atoms with E-state index in [0.29, 0.717) is 0 Å². The van der Waals surface area contributed by atoms with Gasteiger partial charge < -0.3 is 11.1 Å². The summed E-state index contributed by atoms with van der Waals surface area (Å²) in [6.07, 6.45) is 2.19. The summed E-state index contributed by atoms with van der Waals surface area (Å²) in [7, 11) is 0. The molecule has 3 heteroatoms. The van der Waals surface area contributed by atoms with Crippen molar-refractivity contribution in [3.05, 3.63) is 60.2 Å². The van der Waals surface area contributed by atoms with Crippen LogP contribution in [0.25, 0.3) is 10.9 Å². The van der Waals surface area contributed by atoms with Crippen LogP contribution in [0.4, 0.5) is 17.2 Å². The molecule has 3 aromatic rings. The van der Waals surface area contributed by atoms with Gasteiger partial charge in [-0.05, 0) is 48.4 Å². The minimum atomic E-state index is 0.762. The first-order valence-corrected chi connectivity index (χ1v) is 7.27. The van der Waals surface area contributed by atoms with E-state index in [-0.39, 0.29) is 0 Å². The first-order valence-electron chi connectivity index (χ1n) is 7.27. The second-order valence-corrected chi connectivity index (χ2v) is 5.18. The number of rotatable bonds is 4. The average Bonchev–Trinajstić information content (AvgIpc) is 2.50. The molecule has 0 amide bonds. The van der Waals surface area contributed by atoms with Crippen LogP contribution in [-0.2, 0) is 6.42 Å². The zero-order valence-electron chi connectivity index (χ0n) is 12.1. The fraction of sp³-hybridized carbons (Fsp3) is 0.167. The predicted octanol–water partition coefficient (Wildman–Crippen LogP) is 4.51. The van der Waals surface area contributed by atoms with Crippen molar-refractivity contribution in [1.82, 2.24) is 4.98 Å². The van der Waals surface area contributed by atoms with Crippen LogP contribution < -0.4 is 11.1 Å². The van der Waals surface area contributed by atoms with E-state index in [1.165, 1.54) is 5.56 Å². The normalized spacial score (nSPS) is 10.7. The Bertz CT molecular complexity index is 765. The number of aromatic nitrogens is 1. The SMILES string of the molecule is CCCc1ccccc1Nc1ccc2cc(N)ccc2n1. The van der Waals surface area contributed by atoms with Gasteiger partial charge in [-0.15, -0.1) is 0 Å². The van der Waals surface area contributed by atoms with Crippen LogP contribution in [0.2, 0.25) is 0 Å². The number of nitrogen functional groups attached to an aromatic ring is 1. The van der Waals surface area contributed by atoms with Gasteiger partial charge in [0, 0.05) is 16.8 Å². The monoisotopic (exact) mass is 277 g/mol. The Morgan fingerprint density at radius 3 is 2.76 bits per heavy atom. The van der Waals surface area contributed by atoms with E-state index >= 15 is 0 Å². The van der Waals surface area contributed by atoms with Gasteiger partial charge in [-0.3, -0.25) is 0 Å². The lowest BCUT2D eigenvalue weighted by Gasteiger charge is -2.11. The van der Waals surface area contributed by atoms with E-state index in [1.807, 2.05) is 36.4 Å². The average molecular weight is 277 g/mol. The molecule has 3 nitrogen and oxygen atoms in total. The number of hydrogen-bond acceptors (Lipinski definition) is 3. The summed E-state index contributed by atoms with van der Waals surface area (Å²) < 4.78 is 0. The summed E-state index contributed by atoms with van der Waals surface area (Å²) >= 11 is 0. The summed E-state index contributed by atoms with van der Waals surface area (Å²) in [5, 5.41) is 4.48. The van der Waals surface area contributed by atoms with Crippen molar-refractivity contribution in [3.63, 3.8) is 0 Å². The van der Waals surface area contributed by atoms with Crippen LogP contribution in [0, 0.1) is 0 Å². The summed E-state index contributed by atoms with van der Waals surface area (Å²) in [4.78, 5) is 4.65. The van der Waals surface area contributed by atoms with Crippen molar-refractivity contribution in [1.29, 1.82) is 0 Å². The molecule has 106 valence electrons. The van der Waals surface area contributed by atoms with Gasteiger partial charge in [0.15, 0.2) is 0 Å². The molecule has 3 N–H and O–H groups in total. The zero-order valence-corrected chi connectivity index (χ0v) is 12.1. The summed E-state index contributed by atoms with van der Waals surface area (Å²) in [5.74, 6) is 0.857. The van der Waals surface area contributed by atoms with E-state index in [0.717, 1.165) is 40.9 Å². The molecule has 0 saturated carbocycles. The number of hydrogen-bond donors (Lipinski definition) is 2. The Morgan fingerprint density at radius 1 is 1.05 bits per heavy atom. The van der Waals surface area contributed by atoms with Crippen molar-refractivity contribution in [2.45, 2.75) is 19.8 Å². The minimum Gasteiger partial charge on any atom is -0.399 e. The molecule has 0 radical (unpaired) electrons. The molecule has 21 heavy (non-hydrogen) atoms. The van der Waals surface area contributed by atoms with Crippen LogP contribution in [-0.4, -0.2) is 4.98 Å². The van der Waals surface area contributed by atoms with E-state index in [9.17, 15) is 0 Å². The highest BCUT2D eigenvalue weighted by Gasteiger charge is 2.03. The second kappa shape index (κ2) is 5.83. The third-order valence-electron chi connectivity index (χ3n) is 3.51. The predicted molar refractivity (Wildman–Crippen MR) is 89.9 cm³/mol. The quantitative estimate of drug-likeness (QED) is 0.690. The number of nitrogens with two attached hydrogens (primary N) is 1. The highest BCUT2D eigenvalue weighted by atomic mass is 15.0. The molecule has 0 fully saturated rings. The lowest BCUT2D eigenvalue weighted by Crippen LogP contribution is -1.98. The van der Waals surface area contributed by atoms with Gasteiger partial charge in [0.05, 0.1) is 5.52 Å². The molecule has 0 unspecified atom stereocenters. The maximum absolute atomic E-state index is 5.80. The van der Waals surface area contributed by atoms with Gasteiger partial charge >= 0.3 is 0 Å². The Hall–Kier alpha value is -2.55. The standard InChI is InChI=1S/C18H19N3/c1-2-5-13-6-3-4-7-16(13)20-18-11-8-14-12-15(19)9-10-17(14)21-18/h3-4,6-12H,2,5,19H2,1H3,(H,20,21). The van der Waals surface area contributed by atoms with Crippen LogP contribution in [0.3, 0.4) is 0 Å². The molecule has 0 aliphatic heterocycles. The maximum atomic E-state index is 5.80. The van der Waals surface area contributed by atoms with E-state index in [2.05, 4.69) is 35.4 Å². The van der Waals surface area contributed by atoms with Crippen molar-refractivity contribution >= 4 is 28.1 Å². The van der Waals surface area contributed by atoms with E-state index in [4.69, 9.17) is 5.73 Å². The first-order chi connectivity index (χ1) is 10.3. The lowest BCUT2D eigenvalue weighted by molar-refractivity contribution is 0.923.